The molecule has 1 amide bonds. The molecule has 1 aliphatic rings. The second-order valence-electron chi connectivity index (χ2n) is 5.67. The number of anilines is 1. The van der Waals surface area contributed by atoms with E-state index in [9.17, 15) is 13.2 Å². The number of benzene rings is 1. The maximum atomic E-state index is 12.7. The Hall–Kier alpha value is -1.44. The molecule has 0 aromatic heterocycles. The zero-order valence-electron chi connectivity index (χ0n) is 13.2. The topological polar surface area (TPSA) is 83.7 Å². The molecule has 1 atom stereocenters. The molecule has 1 aromatic carbocycles. The van der Waals surface area contributed by atoms with Gasteiger partial charge in [0, 0.05) is 38.8 Å². The standard InChI is InChI=1S/C15H23N3O3S/c1-11(10-16)17(3)22(20,21)14-7-6-13-5-4-8-18(12(2)19)15(13)9-14/h6-7,9,11H,4-5,8,10,16H2,1-3H3. The van der Waals surface area contributed by atoms with Gasteiger partial charge in [-0.25, -0.2) is 8.42 Å². The molecular formula is C15H23N3O3S. The Labute approximate surface area is 131 Å². The average molecular weight is 325 g/mol. The molecule has 0 spiro atoms. The number of carbonyl (C=O) groups is 1. The van der Waals surface area contributed by atoms with Gasteiger partial charge in [0.2, 0.25) is 15.9 Å². The van der Waals surface area contributed by atoms with Crippen LogP contribution in [0.5, 0.6) is 0 Å². The van der Waals surface area contributed by atoms with Crippen LogP contribution in [-0.2, 0) is 21.2 Å². The van der Waals surface area contributed by atoms with Gasteiger partial charge in [0.1, 0.15) is 0 Å². The largest absolute Gasteiger partial charge is 0.329 e. The lowest BCUT2D eigenvalue weighted by Crippen LogP contribution is -2.40. The third-order valence-electron chi connectivity index (χ3n) is 4.19. The van der Waals surface area contributed by atoms with Crippen LogP contribution in [0.4, 0.5) is 5.69 Å². The molecule has 0 aliphatic carbocycles. The van der Waals surface area contributed by atoms with Crippen LogP contribution in [0.25, 0.3) is 0 Å². The highest BCUT2D eigenvalue weighted by molar-refractivity contribution is 7.89. The molecule has 1 unspecified atom stereocenters. The maximum absolute atomic E-state index is 12.7. The van der Waals surface area contributed by atoms with E-state index < -0.39 is 10.0 Å². The molecule has 1 heterocycles. The summed E-state index contributed by atoms with van der Waals surface area (Å²) >= 11 is 0. The van der Waals surface area contributed by atoms with Crippen LogP contribution in [0.15, 0.2) is 23.1 Å². The summed E-state index contributed by atoms with van der Waals surface area (Å²) in [6.45, 7) is 4.14. The van der Waals surface area contributed by atoms with Crippen LogP contribution >= 0.6 is 0 Å². The van der Waals surface area contributed by atoms with E-state index >= 15 is 0 Å². The second-order valence-corrected chi connectivity index (χ2v) is 7.67. The summed E-state index contributed by atoms with van der Waals surface area (Å²) < 4.78 is 26.6. The summed E-state index contributed by atoms with van der Waals surface area (Å²) in [6, 6.07) is 4.73. The maximum Gasteiger partial charge on any atom is 0.243 e. The zero-order chi connectivity index (χ0) is 16.5. The van der Waals surface area contributed by atoms with Gasteiger partial charge in [0.15, 0.2) is 0 Å². The number of hydrogen-bond acceptors (Lipinski definition) is 4. The third-order valence-corrected chi connectivity index (χ3v) is 6.16. The third kappa shape index (κ3) is 3.02. The van der Waals surface area contributed by atoms with Crippen LogP contribution < -0.4 is 10.6 Å². The lowest BCUT2D eigenvalue weighted by molar-refractivity contribution is -0.116. The van der Waals surface area contributed by atoms with Crippen molar-refractivity contribution < 1.29 is 13.2 Å². The molecule has 1 aliphatic heterocycles. The molecule has 6 nitrogen and oxygen atoms in total. The van der Waals surface area contributed by atoms with E-state index in [4.69, 9.17) is 5.73 Å². The van der Waals surface area contributed by atoms with Crippen molar-refractivity contribution in [3.8, 4) is 0 Å². The average Bonchev–Trinajstić information content (AvgIpc) is 2.51. The van der Waals surface area contributed by atoms with Crippen molar-refractivity contribution in [3.63, 3.8) is 0 Å². The van der Waals surface area contributed by atoms with Crippen LogP contribution in [0.3, 0.4) is 0 Å². The van der Waals surface area contributed by atoms with Crippen molar-refractivity contribution in [1.29, 1.82) is 0 Å². The molecule has 0 radical (unpaired) electrons. The molecule has 0 fully saturated rings. The SMILES string of the molecule is CC(=O)N1CCCc2ccc(S(=O)(=O)N(C)C(C)CN)cc21. The van der Waals surface area contributed by atoms with Gasteiger partial charge in [-0.1, -0.05) is 6.07 Å². The van der Waals surface area contributed by atoms with Crippen molar-refractivity contribution in [2.45, 2.75) is 37.6 Å². The molecule has 0 bridgehead atoms. The Kier molecular flexibility index (Phi) is 4.89. The first-order valence-corrected chi connectivity index (χ1v) is 8.82. The highest BCUT2D eigenvalue weighted by atomic mass is 32.2. The molecule has 0 saturated heterocycles. The highest BCUT2D eigenvalue weighted by Crippen LogP contribution is 2.31. The molecule has 2 N–H and O–H groups in total. The normalized spacial score (nSPS) is 16.5. The second kappa shape index (κ2) is 6.36. The summed E-state index contributed by atoms with van der Waals surface area (Å²) in [5.74, 6) is -0.0702. The Morgan fingerprint density at radius 2 is 2.14 bits per heavy atom. The number of nitrogens with two attached hydrogens (primary N) is 1. The Morgan fingerprint density at radius 1 is 1.45 bits per heavy atom. The Morgan fingerprint density at radius 3 is 2.73 bits per heavy atom. The smallest absolute Gasteiger partial charge is 0.243 e. The number of aryl methyl sites for hydroxylation is 1. The number of carbonyl (C=O) groups excluding carboxylic acids is 1. The van der Waals surface area contributed by atoms with Crippen LogP contribution in [-0.4, -0.2) is 44.8 Å². The fraction of sp³-hybridized carbons (Fsp3) is 0.533. The van der Waals surface area contributed by atoms with Crippen LogP contribution in [0.1, 0.15) is 25.8 Å². The summed E-state index contributed by atoms with van der Waals surface area (Å²) in [6.07, 6.45) is 1.75. The fourth-order valence-electron chi connectivity index (χ4n) is 2.59. The molecular weight excluding hydrogens is 302 g/mol. The number of amides is 1. The van der Waals surface area contributed by atoms with E-state index in [1.165, 1.54) is 18.3 Å². The molecule has 0 saturated carbocycles. The number of rotatable bonds is 4. The van der Waals surface area contributed by atoms with Gasteiger partial charge in [0.25, 0.3) is 0 Å². The summed E-state index contributed by atoms with van der Waals surface area (Å²) in [5.41, 5.74) is 7.27. The lowest BCUT2D eigenvalue weighted by Gasteiger charge is -2.30. The number of likely N-dealkylation sites (N-methyl/N-ethyl adjacent to an activating group) is 1. The fourth-order valence-corrected chi connectivity index (χ4v) is 3.99. The number of fused-ring (bicyclic) bond motifs is 1. The predicted octanol–water partition coefficient (Wildman–Crippen LogP) is 0.953. The van der Waals surface area contributed by atoms with E-state index in [0.717, 1.165) is 18.4 Å². The molecule has 122 valence electrons. The van der Waals surface area contributed by atoms with Gasteiger partial charge < -0.3 is 10.6 Å². The van der Waals surface area contributed by atoms with Crippen molar-refractivity contribution in [2.75, 3.05) is 25.0 Å². The first kappa shape index (κ1) is 16.9. The summed E-state index contributed by atoms with van der Waals surface area (Å²) in [7, 11) is -2.09. The molecule has 2 rings (SSSR count). The molecule has 22 heavy (non-hydrogen) atoms. The predicted molar refractivity (Wildman–Crippen MR) is 86.3 cm³/mol. The highest BCUT2D eigenvalue weighted by Gasteiger charge is 2.27. The Bertz CT molecular complexity index is 673. The lowest BCUT2D eigenvalue weighted by atomic mass is 10.0. The van der Waals surface area contributed by atoms with Crippen LogP contribution in [0.2, 0.25) is 0 Å². The van der Waals surface area contributed by atoms with E-state index in [2.05, 4.69) is 0 Å². The van der Waals surface area contributed by atoms with Gasteiger partial charge in [-0.3, -0.25) is 4.79 Å². The van der Waals surface area contributed by atoms with Gasteiger partial charge in [0.05, 0.1) is 4.90 Å². The van der Waals surface area contributed by atoms with E-state index in [1.54, 1.807) is 30.0 Å². The Balaban J connectivity index is 2.46. The van der Waals surface area contributed by atoms with Gasteiger partial charge in [-0.2, -0.15) is 4.31 Å². The number of nitrogens with zero attached hydrogens (tertiary/aromatic N) is 2. The quantitative estimate of drug-likeness (QED) is 0.893. The number of hydrogen-bond donors (Lipinski definition) is 1. The minimum Gasteiger partial charge on any atom is -0.329 e. The van der Waals surface area contributed by atoms with Gasteiger partial charge in [-0.15, -0.1) is 0 Å². The van der Waals surface area contributed by atoms with E-state index in [1.807, 2.05) is 0 Å². The summed E-state index contributed by atoms with van der Waals surface area (Å²) in [5, 5.41) is 0. The van der Waals surface area contributed by atoms with Gasteiger partial charge in [-0.05, 0) is 37.5 Å². The van der Waals surface area contributed by atoms with Crippen molar-refractivity contribution in [2.24, 2.45) is 5.73 Å². The zero-order valence-corrected chi connectivity index (χ0v) is 14.1. The van der Waals surface area contributed by atoms with Crippen molar-refractivity contribution in [1.82, 2.24) is 4.31 Å². The van der Waals surface area contributed by atoms with Gasteiger partial charge >= 0.3 is 0 Å². The van der Waals surface area contributed by atoms with E-state index in [-0.39, 0.29) is 23.4 Å². The first-order chi connectivity index (χ1) is 10.3. The van der Waals surface area contributed by atoms with E-state index in [0.29, 0.717) is 12.2 Å². The number of sulfonamides is 1. The monoisotopic (exact) mass is 325 g/mol. The first-order valence-electron chi connectivity index (χ1n) is 7.38. The van der Waals surface area contributed by atoms with Crippen molar-refractivity contribution in [3.05, 3.63) is 23.8 Å². The van der Waals surface area contributed by atoms with Crippen LogP contribution in [0, 0.1) is 0 Å². The minimum absolute atomic E-state index is 0.0702. The van der Waals surface area contributed by atoms with Crippen molar-refractivity contribution >= 4 is 21.6 Å². The molecule has 7 heteroatoms. The molecule has 1 aromatic rings. The minimum atomic E-state index is -3.62. The summed E-state index contributed by atoms with van der Waals surface area (Å²) in [4.78, 5) is 13.6.